The lowest BCUT2D eigenvalue weighted by Crippen LogP contribution is -2.09. The molecule has 0 aliphatic heterocycles. The second-order valence-corrected chi connectivity index (χ2v) is 17.9. The normalized spacial score (nSPS) is 11.8. The predicted molar refractivity (Wildman–Crippen MR) is 254 cm³/mol. The van der Waals surface area contributed by atoms with Gasteiger partial charge in [-0.3, -0.25) is 0 Å². The summed E-state index contributed by atoms with van der Waals surface area (Å²) < 4.78 is 6.39. The van der Waals surface area contributed by atoms with E-state index in [2.05, 4.69) is 199 Å². The van der Waals surface area contributed by atoms with E-state index >= 15 is 0 Å². The first-order valence-electron chi connectivity index (χ1n) is 19.4. The molecule has 3 heterocycles. The van der Waals surface area contributed by atoms with Gasteiger partial charge in [0.05, 0.1) is 10.2 Å². The highest BCUT2D eigenvalue weighted by Gasteiger charge is 2.18. The number of hydrogen-bond acceptors (Lipinski definition) is 5. The Morgan fingerprint density at radius 1 is 0.345 bits per heavy atom. The van der Waals surface area contributed by atoms with Gasteiger partial charge in [-0.15, -0.1) is 34.0 Å². The van der Waals surface area contributed by atoms with Crippen LogP contribution < -0.4 is 4.90 Å². The first-order chi connectivity index (χ1) is 28.7. The zero-order valence-electron chi connectivity index (χ0n) is 31.1. The monoisotopic (exact) mass is 792 g/mol. The molecule has 3 aromatic heterocycles. The van der Waals surface area contributed by atoms with Gasteiger partial charge in [-0.1, -0.05) is 121 Å². The Labute approximate surface area is 347 Å². The van der Waals surface area contributed by atoms with E-state index in [-0.39, 0.29) is 0 Å². The van der Waals surface area contributed by atoms with Crippen molar-refractivity contribution >= 4 is 112 Å². The Balaban J connectivity index is 0.957. The first kappa shape index (κ1) is 33.5. The van der Waals surface area contributed by atoms with Gasteiger partial charge in [-0.25, -0.2) is 4.98 Å². The smallest absolute Gasteiger partial charge is 0.124 e. The maximum Gasteiger partial charge on any atom is 0.124 e. The van der Waals surface area contributed by atoms with Crippen molar-refractivity contribution in [1.29, 1.82) is 0 Å². The molecular formula is C53H32N2S3. The molecule has 0 aliphatic rings. The molecule has 0 saturated carbocycles. The molecule has 0 spiro atoms. The molecule has 0 aliphatic carbocycles. The number of thiazole rings is 1. The average Bonchev–Trinajstić information content (AvgIpc) is 4.00. The molecule has 58 heavy (non-hydrogen) atoms. The number of hydrogen-bond donors (Lipinski definition) is 0. The van der Waals surface area contributed by atoms with Crippen LogP contribution in [0.1, 0.15) is 0 Å². The fourth-order valence-corrected chi connectivity index (χ4v) is 11.7. The summed E-state index contributed by atoms with van der Waals surface area (Å²) in [6, 6.07) is 70.9. The lowest BCUT2D eigenvalue weighted by Gasteiger charge is -2.26. The second kappa shape index (κ2) is 13.5. The molecule has 12 aromatic rings. The van der Waals surface area contributed by atoms with Crippen molar-refractivity contribution in [3.05, 3.63) is 194 Å². The van der Waals surface area contributed by atoms with Crippen molar-refractivity contribution in [3.63, 3.8) is 0 Å². The minimum atomic E-state index is 1.06. The van der Waals surface area contributed by atoms with Crippen LogP contribution in [0.4, 0.5) is 17.1 Å². The number of thiophene rings is 2. The fraction of sp³-hybridized carbons (Fsp3) is 0. The van der Waals surface area contributed by atoms with E-state index in [0.717, 1.165) is 33.1 Å². The standard InChI is InChI=1S/C53H32N2S3/c1-2-10-36(11-3-1)53-54-52-50(58-53)30-29-49-51(52)45-31-37(21-27-48(45)57-49)33-17-22-38(23-18-33)55(40-26-28-47-44(32-40)43-14-6-7-16-46(43)56-47)39-24-19-35(20-25-39)42-15-8-12-34-9-4-5-13-41(34)42/h1-32H. The van der Waals surface area contributed by atoms with E-state index < -0.39 is 0 Å². The molecule has 0 fully saturated rings. The fourth-order valence-electron chi connectivity index (χ4n) is 8.51. The van der Waals surface area contributed by atoms with Gasteiger partial charge in [0.15, 0.2) is 0 Å². The first-order valence-corrected chi connectivity index (χ1v) is 21.9. The molecule has 12 rings (SSSR count). The van der Waals surface area contributed by atoms with Gasteiger partial charge in [0.25, 0.3) is 0 Å². The lowest BCUT2D eigenvalue weighted by atomic mass is 9.98. The third kappa shape index (κ3) is 5.54. The van der Waals surface area contributed by atoms with E-state index in [1.54, 1.807) is 11.3 Å². The molecule has 9 aromatic carbocycles. The Morgan fingerprint density at radius 3 is 1.79 bits per heavy atom. The lowest BCUT2D eigenvalue weighted by molar-refractivity contribution is 1.29. The maximum absolute atomic E-state index is 5.21. The molecule has 0 unspecified atom stereocenters. The number of aromatic nitrogens is 1. The molecule has 0 saturated heterocycles. The number of fused-ring (bicyclic) bond motifs is 9. The Hall–Kier alpha value is -6.63. The largest absolute Gasteiger partial charge is 0.310 e. The van der Waals surface area contributed by atoms with E-state index in [1.807, 2.05) is 22.7 Å². The van der Waals surface area contributed by atoms with Crippen molar-refractivity contribution in [2.24, 2.45) is 0 Å². The zero-order valence-corrected chi connectivity index (χ0v) is 33.5. The van der Waals surface area contributed by atoms with Gasteiger partial charge in [-0.05, 0) is 106 Å². The molecule has 2 nitrogen and oxygen atoms in total. The van der Waals surface area contributed by atoms with Gasteiger partial charge in [0.2, 0.25) is 0 Å². The van der Waals surface area contributed by atoms with E-state index in [4.69, 9.17) is 4.98 Å². The van der Waals surface area contributed by atoms with Crippen molar-refractivity contribution in [1.82, 2.24) is 4.98 Å². The van der Waals surface area contributed by atoms with Crippen molar-refractivity contribution in [2.45, 2.75) is 0 Å². The Bertz CT molecular complexity index is 3500. The molecule has 0 atom stereocenters. The summed E-state index contributed by atoms with van der Waals surface area (Å²) in [5, 5.41) is 8.68. The molecular weight excluding hydrogens is 761 g/mol. The van der Waals surface area contributed by atoms with Crippen LogP contribution >= 0.6 is 34.0 Å². The SMILES string of the molecule is c1ccc(-c2nc3c(ccc4sc5ccc(-c6ccc(N(c7ccc(-c8cccc9ccccc89)cc7)c7ccc8sc9ccccc9c8c7)cc6)cc5c43)s2)cc1. The Kier molecular flexibility index (Phi) is 7.80. The van der Waals surface area contributed by atoms with Crippen LogP contribution in [0.2, 0.25) is 0 Å². The average molecular weight is 793 g/mol. The van der Waals surface area contributed by atoms with Gasteiger partial charge in [-0.2, -0.15) is 0 Å². The van der Waals surface area contributed by atoms with Crippen LogP contribution in [0.25, 0.3) is 94.2 Å². The van der Waals surface area contributed by atoms with Crippen LogP contribution in [0.3, 0.4) is 0 Å². The summed E-state index contributed by atoms with van der Waals surface area (Å²) in [7, 11) is 0. The van der Waals surface area contributed by atoms with Crippen LogP contribution in [0.5, 0.6) is 0 Å². The van der Waals surface area contributed by atoms with Gasteiger partial charge in [0.1, 0.15) is 5.01 Å². The summed E-state index contributed by atoms with van der Waals surface area (Å²) in [6.07, 6.45) is 0. The third-order valence-electron chi connectivity index (χ3n) is 11.3. The molecule has 5 heteroatoms. The highest BCUT2D eigenvalue weighted by Crippen LogP contribution is 2.44. The number of rotatable bonds is 6. The quantitative estimate of drug-likeness (QED) is 0.167. The van der Waals surface area contributed by atoms with Crippen molar-refractivity contribution in [3.8, 4) is 32.8 Å². The van der Waals surface area contributed by atoms with Gasteiger partial charge in [0, 0.05) is 63.0 Å². The minimum Gasteiger partial charge on any atom is -0.310 e. The van der Waals surface area contributed by atoms with Crippen molar-refractivity contribution < 1.29 is 0 Å². The molecule has 0 amide bonds. The van der Waals surface area contributed by atoms with E-state index in [0.29, 0.717) is 0 Å². The van der Waals surface area contributed by atoms with Crippen LogP contribution in [0, 0.1) is 0 Å². The highest BCUT2D eigenvalue weighted by molar-refractivity contribution is 7.26. The van der Waals surface area contributed by atoms with Gasteiger partial charge >= 0.3 is 0 Å². The van der Waals surface area contributed by atoms with Gasteiger partial charge < -0.3 is 4.90 Å². The van der Waals surface area contributed by atoms with Crippen molar-refractivity contribution in [2.75, 3.05) is 4.90 Å². The molecule has 0 bridgehead atoms. The topological polar surface area (TPSA) is 16.1 Å². The summed E-state index contributed by atoms with van der Waals surface area (Å²) in [5.41, 5.74) is 10.5. The summed E-state index contributed by atoms with van der Waals surface area (Å²) in [5.74, 6) is 0. The van der Waals surface area contributed by atoms with E-state index in [1.165, 1.54) is 78.1 Å². The summed E-state index contributed by atoms with van der Waals surface area (Å²) in [4.78, 5) is 7.60. The van der Waals surface area contributed by atoms with Crippen LogP contribution in [0.15, 0.2) is 194 Å². The summed E-state index contributed by atoms with van der Waals surface area (Å²) in [6.45, 7) is 0. The number of anilines is 3. The van der Waals surface area contributed by atoms with Crippen LogP contribution in [-0.4, -0.2) is 4.98 Å². The minimum absolute atomic E-state index is 1.06. The molecule has 0 N–H and O–H groups in total. The zero-order chi connectivity index (χ0) is 38.2. The highest BCUT2D eigenvalue weighted by atomic mass is 32.1. The number of benzene rings is 9. The Morgan fingerprint density at radius 2 is 0.948 bits per heavy atom. The predicted octanol–water partition coefficient (Wildman–Crippen LogP) is 16.7. The third-order valence-corrected chi connectivity index (χ3v) is 14.7. The summed E-state index contributed by atoms with van der Waals surface area (Å²) >= 11 is 5.47. The van der Waals surface area contributed by atoms with Crippen LogP contribution in [-0.2, 0) is 0 Å². The van der Waals surface area contributed by atoms with E-state index in [9.17, 15) is 0 Å². The maximum atomic E-state index is 5.21. The molecule has 272 valence electrons. The molecule has 0 radical (unpaired) electrons. The number of nitrogens with zero attached hydrogens (tertiary/aromatic N) is 2. The second-order valence-electron chi connectivity index (χ2n) is 14.7.